The predicted octanol–water partition coefficient (Wildman–Crippen LogP) is 0.768. The summed E-state index contributed by atoms with van der Waals surface area (Å²) in [6.45, 7) is 2.92. The van der Waals surface area contributed by atoms with Crippen LogP contribution in [-0.4, -0.2) is 47.3 Å². The molecule has 1 aliphatic rings. The van der Waals surface area contributed by atoms with Crippen LogP contribution in [0.1, 0.15) is 39.0 Å². The lowest BCUT2D eigenvalue weighted by Crippen LogP contribution is -2.17. The van der Waals surface area contributed by atoms with Crippen LogP contribution in [-0.2, 0) is 4.79 Å². The smallest absolute Gasteiger partial charge is 0.222 e. The molecule has 0 radical (unpaired) electrons. The summed E-state index contributed by atoms with van der Waals surface area (Å²) in [5.41, 5.74) is 0. The molecule has 0 bridgehead atoms. The van der Waals surface area contributed by atoms with Crippen molar-refractivity contribution in [2.45, 2.75) is 45.1 Å². The molecule has 0 spiro atoms. The molecule has 1 fully saturated rings. The van der Waals surface area contributed by atoms with Crippen LogP contribution in [0.2, 0.25) is 0 Å². The molecule has 1 aliphatic heterocycles. The minimum absolute atomic E-state index is 0.0972. The molecule has 0 aromatic carbocycles. The van der Waals surface area contributed by atoms with Gasteiger partial charge in [-0.25, -0.2) is 0 Å². The third-order valence-electron chi connectivity index (χ3n) is 2.41. The van der Waals surface area contributed by atoms with Gasteiger partial charge in [-0.05, 0) is 12.8 Å². The van der Waals surface area contributed by atoms with Crippen molar-refractivity contribution in [2.75, 3.05) is 20.2 Å². The van der Waals surface area contributed by atoms with Gasteiger partial charge in [-0.1, -0.05) is 19.8 Å². The number of aliphatic hydroxyl groups excluding tert-OH is 2. The summed E-state index contributed by atoms with van der Waals surface area (Å²) in [7, 11) is 1.84. The second kappa shape index (κ2) is 8.68. The van der Waals surface area contributed by atoms with Gasteiger partial charge < -0.3 is 15.1 Å². The molecule has 2 N–H and O–H groups in total. The van der Waals surface area contributed by atoms with E-state index < -0.39 is 6.10 Å². The van der Waals surface area contributed by atoms with E-state index in [9.17, 15) is 4.79 Å². The van der Waals surface area contributed by atoms with Crippen LogP contribution in [0.25, 0.3) is 0 Å². The summed E-state index contributed by atoms with van der Waals surface area (Å²) in [6, 6.07) is 0. The fourth-order valence-corrected chi connectivity index (χ4v) is 1.31. The van der Waals surface area contributed by atoms with E-state index in [-0.39, 0.29) is 6.61 Å². The molecule has 0 aromatic heterocycles. The third-order valence-corrected chi connectivity index (χ3v) is 2.41. The number of amides is 1. The highest BCUT2D eigenvalue weighted by atomic mass is 16.3. The zero-order chi connectivity index (χ0) is 11.7. The quantitative estimate of drug-likeness (QED) is 0.731. The molecule has 1 unspecified atom stereocenters. The normalized spacial score (nSPS) is 17.3. The molecule has 1 amide bonds. The van der Waals surface area contributed by atoms with Crippen molar-refractivity contribution >= 4 is 5.91 Å². The van der Waals surface area contributed by atoms with Crippen LogP contribution in [0, 0.1) is 0 Å². The van der Waals surface area contributed by atoms with E-state index in [4.69, 9.17) is 10.2 Å². The Morgan fingerprint density at radius 3 is 2.47 bits per heavy atom. The van der Waals surface area contributed by atoms with Gasteiger partial charge >= 0.3 is 0 Å². The number of nitrogens with zero attached hydrogens (tertiary/aromatic N) is 1. The summed E-state index contributed by atoms with van der Waals surface area (Å²) < 4.78 is 0. The van der Waals surface area contributed by atoms with Gasteiger partial charge in [0, 0.05) is 20.0 Å². The van der Waals surface area contributed by atoms with Crippen LogP contribution in [0.4, 0.5) is 0 Å². The van der Waals surface area contributed by atoms with Gasteiger partial charge in [-0.3, -0.25) is 4.79 Å². The van der Waals surface area contributed by atoms with Crippen molar-refractivity contribution in [3.63, 3.8) is 0 Å². The van der Waals surface area contributed by atoms with Gasteiger partial charge in [0.25, 0.3) is 0 Å². The second-order valence-corrected chi connectivity index (χ2v) is 3.90. The Balaban J connectivity index is 0.000000262. The molecule has 0 aromatic rings. The standard InChI is InChI=1S/C6H14O2.C5H9NO/c1-2-3-4-6(8)5-7;1-6-4-2-3-5(6)7/h6-8H,2-5H2,1H3;2-4H2,1H3. The van der Waals surface area contributed by atoms with Gasteiger partial charge in [0.05, 0.1) is 12.7 Å². The lowest BCUT2D eigenvalue weighted by atomic mass is 10.2. The molecule has 1 atom stereocenters. The van der Waals surface area contributed by atoms with E-state index in [2.05, 4.69) is 6.92 Å². The Hall–Kier alpha value is -0.610. The molecule has 1 rings (SSSR count). The maximum atomic E-state index is 10.5. The van der Waals surface area contributed by atoms with Crippen molar-refractivity contribution < 1.29 is 15.0 Å². The van der Waals surface area contributed by atoms with Crippen LogP contribution >= 0.6 is 0 Å². The number of rotatable bonds is 4. The zero-order valence-corrected chi connectivity index (χ0v) is 9.78. The largest absolute Gasteiger partial charge is 0.394 e. The van der Waals surface area contributed by atoms with Crippen LogP contribution in [0.15, 0.2) is 0 Å². The maximum Gasteiger partial charge on any atom is 0.222 e. The molecular formula is C11H23NO3. The van der Waals surface area contributed by atoms with E-state index in [1.807, 2.05) is 7.05 Å². The van der Waals surface area contributed by atoms with E-state index in [1.54, 1.807) is 4.90 Å². The monoisotopic (exact) mass is 217 g/mol. The SMILES string of the molecule is CCCCC(O)CO.CN1CCCC1=O. The summed E-state index contributed by atoms with van der Waals surface area (Å²) in [5.74, 6) is 0.292. The molecule has 1 saturated heterocycles. The first-order chi connectivity index (χ1) is 7.11. The molecule has 0 saturated carbocycles. The summed E-state index contributed by atoms with van der Waals surface area (Å²) in [4.78, 5) is 12.3. The highest BCUT2D eigenvalue weighted by molar-refractivity contribution is 5.77. The fourth-order valence-electron chi connectivity index (χ4n) is 1.31. The highest BCUT2D eigenvalue weighted by Gasteiger charge is 2.14. The van der Waals surface area contributed by atoms with Crippen molar-refractivity contribution in [1.82, 2.24) is 4.90 Å². The molecule has 90 valence electrons. The summed E-state index contributed by atoms with van der Waals surface area (Å²) in [6.07, 6.45) is 4.13. The van der Waals surface area contributed by atoms with Crippen LogP contribution < -0.4 is 0 Å². The van der Waals surface area contributed by atoms with Crippen LogP contribution in [0.5, 0.6) is 0 Å². The summed E-state index contributed by atoms with van der Waals surface area (Å²) >= 11 is 0. The van der Waals surface area contributed by atoms with Crippen molar-refractivity contribution in [3.8, 4) is 0 Å². The first-order valence-electron chi connectivity index (χ1n) is 5.64. The number of hydrogen-bond donors (Lipinski definition) is 2. The number of carbonyl (C=O) groups excluding carboxylic acids is 1. The molecule has 4 nitrogen and oxygen atoms in total. The minimum Gasteiger partial charge on any atom is -0.394 e. The van der Waals surface area contributed by atoms with E-state index in [0.29, 0.717) is 5.91 Å². The van der Waals surface area contributed by atoms with Crippen molar-refractivity contribution in [3.05, 3.63) is 0 Å². The lowest BCUT2D eigenvalue weighted by molar-refractivity contribution is -0.126. The van der Waals surface area contributed by atoms with E-state index in [0.717, 1.165) is 38.6 Å². The van der Waals surface area contributed by atoms with E-state index >= 15 is 0 Å². The van der Waals surface area contributed by atoms with Gasteiger partial charge in [-0.15, -0.1) is 0 Å². The Kier molecular flexibility index (Phi) is 8.33. The Labute approximate surface area is 91.9 Å². The maximum absolute atomic E-state index is 10.5. The predicted molar refractivity (Wildman–Crippen MR) is 59.5 cm³/mol. The summed E-state index contributed by atoms with van der Waals surface area (Å²) in [5, 5.41) is 17.1. The van der Waals surface area contributed by atoms with Gasteiger partial charge in [0.15, 0.2) is 0 Å². The van der Waals surface area contributed by atoms with Gasteiger partial charge in [-0.2, -0.15) is 0 Å². The molecule has 0 aliphatic carbocycles. The number of unbranched alkanes of at least 4 members (excludes halogenated alkanes) is 1. The van der Waals surface area contributed by atoms with Crippen LogP contribution in [0.3, 0.4) is 0 Å². The number of hydrogen-bond acceptors (Lipinski definition) is 3. The Bertz CT molecular complexity index is 173. The topological polar surface area (TPSA) is 60.8 Å². The first kappa shape index (κ1) is 14.4. The Morgan fingerprint density at radius 1 is 1.53 bits per heavy atom. The zero-order valence-electron chi connectivity index (χ0n) is 9.78. The van der Waals surface area contributed by atoms with Crippen molar-refractivity contribution in [1.29, 1.82) is 0 Å². The molecule has 1 heterocycles. The second-order valence-electron chi connectivity index (χ2n) is 3.90. The lowest BCUT2D eigenvalue weighted by Gasteiger charge is -2.03. The first-order valence-corrected chi connectivity index (χ1v) is 5.64. The average molecular weight is 217 g/mol. The minimum atomic E-state index is -0.491. The Morgan fingerprint density at radius 2 is 2.20 bits per heavy atom. The third kappa shape index (κ3) is 7.33. The van der Waals surface area contributed by atoms with Crippen molar-refractivity contribution in [2.24, 2.45) is 0 Å². The number of likely N-dealkylation sites (tertiary alicyclic amines) is 1. The average Bonchev–Trinajstić information content (AvgIpc) is 2.61. The molecule has 15 heavy (non-hydrogen) atoms. The molecule has 4 heteroatoms. The van der Waals surface area contributed by atoms with Gasteiger partial charge in [0.2, 0.25) is 5.91 Å². The van der Waals surface area contributed by atoms with E-state index in [1.165, 1.54) is 0 Å². The number of carbonyl (C=O) groups is 1. The number of aliphatic hydroxyl groups is 2. The highest BCUT2D eigenvalue weighted by Crippen LogP contribution is 2.04. The fraction of sp³-hybridized carbons (Fsp3) is 0.909. The van der Waals surface area contributed by atoms with Gasteiger partial charge in [0.1, 0.15) is 0 Å². The molecular weight excluding hydrogens is 194 g/mol.